The van der Waals surface area contributed by atoms with Crippen LogP contribution in [0.5, 0.6) is 0 Å². The number of nitrogens with zero attached hydrogens (tertiary/aromatic N) is 4. The standard InChI is InChI=1S/C14H21N5O2S/c1-19-14-12(8-18-19)13(16-9-17-14)15-7-10-3-5-11(6-4-10)22(2,20)21/h8-11H,3-7H2,1-2H3,(H,15,16,17). The first-order valence-electron chi connectivity index (χ1n) is 7.50. The number of sulfone groups is 1. The van der Waals surface area contributed by atoms with E-state index in [4.69, 9.17) is 0 Å². The monoisotopic (exact) mass is 323 g/mol. The lowest BCUT2D eigenvalue weighted by Gasteiger charge is -2.27. The van der Waals surface area contributed by atoms with Gasteiger partial charge in [-0.15, -0.1) is 0 Å². The molecule has 22 heavy (non-hydrogen) atoms. The Kier molecular flexibility index (Phi) is 4.03. The normalized spacial score (nSPS) is 22.8. The summed E-state index contributed by atoms with van der Waals surface area (Å²) in [6.45, 7) is 0.803. The van der Waals surface area contributed by atoms with E-state index in [2.05, 4.69) is 20.4 Å². The number of anilines is 1. The van der Waals surface area contributed by atoms with Gasteiger partial charge < -0.3 is 5.32 Å². The molecule has 1 fully saturated rings. The molecule has 1 aliphatic carbocycles. The average Bonchev–Trinajstić information content (AvgIpc) is 2.87. The molecule has 2 aromatic heterocycles. The van der Waals surface area contributed by atoms with Crippen LogP contribution >= 0.6 is 0 Å². The highest BCUT2D eigenvalue weighted by Gasteiger charge is 2.27. The van der Waals surface area contributed by atoms with Gasteiger partial charge in [0.1, 0.15) is 22.0 Å². The van der Waals surface area contributed by atoms with Gasteiger partial charge >= 0.3 is 0 Å². The summed E-state index contributed by atoms with van der Waals surface area (Å²) in [5.41, 5.74) is 0.804. The fraction of sp³-hybridized carbons (Fsp3) is 0.643. The number of fused-ring (bicyclic) bond motifs is 1. The molecule has 8 heteroatoms. The molecule has 0 atom stereocenters. The maximum atomic E-state index is 11.6. The van der Waals surface area contributed by atoms with Crippen LogP contribution in [0.4, 0.5) is 5.82 Å². The highest BCUT2D eigenvalue weighted by Crippen LogP contribution is 2.29. The molecule has 120 valence electrons. The minimum absolute atomic E-state index is 0.159. The molecule has 0 aliphatic heterocycles. The Labute approximate surface area is 130 Å². The molecular weight excluding hydrogens is 302 g/mol. The summed E-state index contributed by atoms with van der Waals surface area (Å²) in [5.74, 6) is 1.28. The van der Waals surface area contributed by atoms with Gasteiger partial charge in [-0.05, 0) is 31.6 Å². The second-order valence-electron chi connectivity index (χ2n) is 6.08. The molecule has 2 aromatic rings. The van der Waals surface area contributed by atoms with Crippen molar-refractivity contribution in [3.05, 3.63) is 12.5 Å². The fourth-order valence-electron chi connectivity index (χ4n) is 3.11. The van der Waals surface area contributed by atoms with E-state index in [1.807, 2.05) is 7.05 Å². The second kappa shape index (κ2) is 5.83. The van der Waals surface area contributed by atoms with E-state index in [1.54, 1.807) is 10.9 Å². The Balaban J connectivity index is 1.61. The maximum absolute atomic E-state index is 11.6. The first-order valence-corrected chi connectivity index (χ1v) is 9.46. The van der Waals surface area contributed by atoms with Crippen LogP contribution in [0.2, 0.25) is 0 Å². The average molecular weight is 323 g/mol. The summed E-state index contributed by atoms with van der Waals surface area (Å²) in [6.07, 6.45) is 8.04. The summed E-state index contributed by atoms with van der Waals surface area (Å²) < 4.78 is 24.9. The van der Waals surface area contributed by atoms with Gasteiger partial charge in [0.05, 0.1) is 16.8 Å². The summed E-state index contributed by atoms with van der Waals surface area (Å²) in [5, 5.41) is 8.32. The van der Waals surface area contributed by atoms with Crippen LogP contribution < -0.4 is 5.32 Å². The summed E-state index contributed by atoms with van der Waals surface area (Å²) in [6, 6.07) is 0. The van der Waals surface area contributed by atoms with Crippen molar-refractivity contribution in [3.8, 4) is 0 Å². The third kappa shape index (κ3) is 3.06. The van der Waals surface area contributed by atoms with Crippen LogP contribution in [0, 0.1) is 5.92 Å². The second-order valence-corrected chi connectivity index (χ2v) is 8.41. The third-order valence-electron chi connectivity index (χ3n) is 4.49. The summed E-state index contributed by atoms with van der Waals surface area (Å²) >= 11 is 0. The van der Waals surface area contributed by atoms with E-state index in [-0.39, 0.29) is 5.25 Å². The van der Waals surface area contributed by atoms with E-state index in [9.17, 15) is 8.42 Å². The van der Waals surface area contributed by atoms with Crippen LogP contribution in [-0.2, 0) is 16.9 Å². The molecule has 1 saturated carbocycles. The van der Waals surface area contributed by atoms with Gasteiger partial charge in [-0.1, -0.05) is 0 Å². The number of aromatic nitrogens is 4. The van der Waals surface area contributed by atoms with Crippen LogP contribution in [0.15, 0.2) is 12.5 Å². The van der Waals surface area contributed by atoms with E-state index >= 15 is 0 Å². The number of nitrogens with one attached hydrogen (secondary N) is 1. The predicted molar refractivity (Wildman–Crippen MR) is 85.4 cm³/mol. The van der Waals surface area contributed by atoms with Crippen molar-refractivity contribution >= 4 is 26.7 Å². The Morgan fingerprint density at radius 3 is 2.68 bits per heavy atom. The Morgan fingerprint density at radius 1 is 1.27 bits per heavy atom. The molecule has 0 spiro atoms. The number of rotatable bonds is 4. The third-order valence-corrected chi connectivity index (χ3v) is 6.17. The van der Waals surface area contributed by atoms with Gasteiger partial charge in [-0.25, -0.2) is 18.4 Å². The largest absolute Gasteiger partial charge is 0.369 e. The lowest BCUT2D eigenvalue weighted by atomic mass is 9.89. The van der Waals surface area contributed by atoms with Gasteiger partial charge in [0.15, 0.2) is 5.65 Å². The predicted octanol–water partition coefficient (Wildman–Crippen LogP) is 1.38. The molecule has 2 heterocycles. The molecule has 0 bridgehead atoms. The van der Waals surface area contributed by atoms with Crippen molar-refractivity contribution in [1.82, 2.24) is 19.7 Å². The van der Waals surface area contributed by atoms with E-state index in [0.717, 1.165) is 49.1 Å². The fourth-order valence-corrected chi connectivity index (χ4v) is 4.24. The molecule has 0 aromatic carbocycles. The first-order chi connectivity index (χ1) is 10.4. The SMILES string of the molecule is Cn1ncc2c(NCC3CCC(S(C)(=O)=O)CC3)ncnc21. The molecular formula is C14H21N5O2S. The minimum atomic E-state index is -2.89. The van der Waals surface area contributed by atoms with E-state index < -0.39 is 9.84 Å². The first kappa shape index (κ1) is 15.2. The smallest absolute Gasteiger partial charge is 0.163 e. The van der Waals surface area contributed by atoms with Crippen molar-refractivity contribution < 1.29 is 8.42 Å². The van der Waals surface area contributed by atoms with Gasteiger partial charge in [0.2, 0.25) is 0 Å². The van der Waals surface area contributed by atoms with Crippen LogP contribution in [-0.4, -0.2) is 46.2 Å². The zero-order valence-electron chi connectivity index (χ0n) is 12.9. The Morgan fingerprint density at radius 2 is 2.00 bits per heavy atom. The zero-order valence-corrected chi connectivity index (χ0v) is 13.7. The van der Waals surface area contributed by atoms with Crippen molar-refractivity contribution in [2.75, 3.05) is 18.1 Å². The van der Waals surface area contributed by atoms with Crippen LogP contribution in [0.3, 0.4) is 0 Å². The zero-order chi connectivity index (χ0) is 15.7. The maximum Gasteiger partial charge on any atom is 0.163 e. The topological polar surface area (TPSA) is 89.8 Å². The molecule has 0 amide bonds. The lowest BCUT2D eigenvalue weighted by molar-refractivity contribution is 0.372. The highest BCUT2D eigenvalue weighted by molar-refractivity contribution is 7.91. The van der Waals surface area contributed by atoms with Gasteiger partial charge in [0, 0.05) is 19.8 Å². The molecule has 0 unspecified atom stereocenters. The van der Waals surface area contributed by atoms with Gasteiger partial charge in [0.25, 0.3) is 0 Å². The molecule has 1 aliphatic rings. The Hall–Kier alpha value is -1.70. The van der Waals surface area contributed by atoms with Crippen molar-refractivity contribution in [1.29, 1.82) is 0 Å². The van der Waals surface area contributed by atoms with Gasteiger partial charge in [-0.2, -0.15) is 5.10 Å². The van der Waals surface area contributed by atoms with Crippen LogP contribution in [0.1, 0.15) is 25.7 Å². The van der Waals surface area contributed by atoms with Crippen molar-refractivity contribution in [3.63, 3.8) is 0 Å². The number of aryl methyl sites for hydroxylation is 1. The van der Waals surface area contributed by atoms with E-state index in [0.29, 0.717) is 5.92 Å². The Bertz CT molecular complexity index is 763. The molecule has 3 rings (SSSR count). The summed E-state index contributed by atoms with van der Waals surface area (Å²) in [7, 11) is -1.04. The lowest BCUT2D eigenvalue weighted by Crippen LogP contribution is -2.29. The van der Waals surface area contributed by atoms with Crippen molar-refractivity contribution in [2.45, 2.75) is 30.9 Å². The molecule has 0 saturated heterocycles. The molecule has 7 nitrogen and oxygen atoms in total. The summed E-state index contributed by atoms with van der Waals surface area (Å²) in [4.78, 5) is 8.50. The molecule has 0 radical (unpaired) electrons. The highest BCUT2D eigenvalue weighted by atomic mass is 32.2. The number of hydrogen-bond donors (Lipinski definition) is 1. The van der Waals surface area contributed by atoms with Crippen LogP contribution in [0.25, 0.3) is 11.0 Å². The minimum Gasteiger partial charge on any atom is -0.369 e. The number of hydrogen-bond acceptors (Lipinski definition) is 6. The van der Waals surface area contributed by atoms with Crippen molar-refractivity contribution in [2.24, 2.45) is 13.0 Å². The molecule has 1 N–H and O–H groups in total. The quantitative estimate of drug-likeness (QED) is 0.914. The van der Waals surface area contributed by atoms with Gasteiger partial charge in [-0.3, -0.25) is 4.68 Å². The van der Waals surface area contributed by atoms with E-state index in [1.165, 1.54) is 12.6 Å².